The maximum absolute atomic E-state index is 5.64. The van der Waals surface area contributed by atoms with Crippen molar-refractivity contribution in [2.45, 2.75) is 32.6 Å². The highest BCUT2D eigenvalue weighted by molar-refractivity contribution is 5.51. The van der Waals surface area contributed by atoms with Gasteiger partial charge in [-0.05, 0) is 35.6 Å². The Labute approximate surface area is 104 Å². The maximum atomic E-state index is 5.64. The van der Waals surface area contributed by atoms with Gasteiger partial charge in [0.15, 0.2) is 11.5 Å². The third kappa shape index (κ3) is 3.13. The molecule has 0 fully saturated rings. The van der Waals surface area contributed by atoms with Crippen LogP contribution in [0.5, 0.6) is 11.5 Å². The van der Waals surface area contributed by atoms with Crippen LogP contribution in [-0.4, -0.2) is 20.8 Å². The number of benzene rings is 1. The van der Waals surface area contributed by atoms with E-state index < -0.39 is 0 Å². The summed E-state index contributed by atoms with van der Waals surface area (Å²) in [4.78, 5) is 0. The zero-order valence-corrected chi connectivity index (χ0v) is 11.5. The lowest BCUT2D eigenvalue weighted by molar-refractivity contribution is 0.350. The molecule has 0 aliphatic carbocycles. The lowest BCUT2D eigenvalue weighted by Gasteiger charge is -2.23. The van der Waals surface area contributed by atoms with Gasteiger partial charge in [-0.1, -0.05) is 26.8 Å². The smallest absolute Gasteiger partial charge is 0.163 e. The molecule has 0 bridgehead atoms. The van der Waals surface area contributed by atoms with E-state index in [2.05, 4.69) is 26.8 Å². The van der Waals surface area contributed by atoms with Crippen molar-refractivity contribution >= 4 is 0 Å². The fourth-order valence-corrected chi connectivity index (χ4v) is 1.82. The molecule has 0 amide bonds. The van der Waals surface area contributed by atoms with Gasteiger partial charge in [0, 0.05) is 0 Å². The van der Waals surface area contributed by atoms with Gasteiger partial charge in [-0.25, -0.2) is 0 Å². The summed E-state index contributed by atoms with van der Waals surface area (Å²) in [7, 11) is 3.32. The molecular weight excluding hydrogens is 214 g/mol. The van der Waals surface area contributed by atoms with E-state index in [0.29, 0.717) is 6.54 Å². The molecule has 1 rings (SSSR count). The minimum atomic E-state index is 0.0862. The molecule has 1 aromatic carbocycles. The number of hydrogen-bond donors (Lipinski definition) is 1. The van der Waals surface area contributed by atoms with Gasteiger partial charge in [0.1, 0.15) is 0 Å². The molecule has 0 radical (unpaired) electrons. The SMILES string of the molecule is COc1cc(C(C)(C)C)cc(CCN)c1OC. The van der Waals surface area contributed by atoms with Crippen LogP contribution in [0.1, 0.15) is 31.9 Å². The van der Waals surface area contributed by atoms with Crippen molar-refractivity contribution in [2.24, 2.45) is 5.73 Å². The van der Waals surface area contributed by atoms with Gasteiger partial charge < -0.3 is 15.2 Å². The Hall–Kier alpha value is -1.22. The zero-order chi connectivity index (χ0) is 13.1. The summed E-state index contributed by atoms with van der Waals surface area (Å²) in [6.07, 6.45) is 0.795. The van der Waals surface area contributed by atoms with Gasteiger partial charge in [0.2, 0.25) is 0 Å². The van der Waals surface area contributed by atoms with E-state index in [1.165, 1.54) is 5.56 Å². The van der Waals surface area contributed by atoms with Crippen LogP contribution < -0.4 is 15.2 Å². The second-order valence-electron chi connectivity index (χ2n) is 5.16. The Kier molecular flexibility index (Phi) is 4.40. The van der Waals surface area contributed by atoms with Crippen LogP contribution in [0.2, 0.25) is 0 Å². The molecule has 0 saturated carbocycles. The molecule has 0 spiro atoms. The fourth-order valence-electron chi connectivity index (χ4n) is 1.82. The van der Waals surface area contributed by atoms with Crippen LogP contribution in [0, 0.1) is 0 Å². The Morgan fingerprint density at radius 3 is 2.18 bits per heavy atom. The molecular formula is C14H23NO2. The highest BCUT2D eigenvalue weighted by Gasteiger charge is 2.19. The first-order chi connectivity index (χ1) is 7.93. The summed E-state index contributed by atoms with van der Waals surface area (Å²) < 4.78 is 10.8. The van der Waals surface area contributed by atoms with E-state index in [0.717, 1.165) is 23.5 Å². The lowest BCUT2D eigenvalue weighted by atomic mass is 9.85. The van der Waals surface area contributed by atoms with Crippen molar-refractivity contribution in [1.82, 2.24) is 0 Å². The standard InChI is InChI=1S/C14H23NO2/c1-14(2,3)11-8-10(6-7-15)13(17-5)12(9-11)16-4/h8-9H,6-7,15H2,1-5H3. The van der Waals surface area contributed by atoms with Crippen molar-refractivity contribution in [3.63, 3.8) is 0 Å². The van der Waals surface area contributed by atoms with Crippen LogP contribution in [0.15, 0.2) is 12.1 Å². The largest absolute Gasteiger partial charge is 0.493 e. The molecule has 0 aliphatic heterocycles. The molecule has 0 aliphatic rings. The minimum absolute atomic E-state index is 0.0862. The zero-order valence-electron chi connectivity index (χ0n) is 11.5. The van der Waals surface area contributed by atoms with Crippen LogP contribution in [0.4, 0.5) is 0 Å². The van der Waals surface area contributed by atoms with Crippen LogP contribution in [0.3, 0.4) is 0 Å². The molecule has 2 N–H and O–H groups in total. The summed E-state index contributed by atoms with van der Waals surface area (Å²) in [5.41, 5.74) is 8.07. The van der Waals surface area contributed by atoms with Gasteiger partial charge in [-0.2, -0.15) is 0 Å². The van der Waals surface area contributed by atoms with Crippen molar-refractivity contribution < 1.29 is 9.47 Å². The van der Waals surface area contributed by atoms with Crippen molar-refractivity contribution in [3.05, 3.63) is 23.3 Å². The van der Waals surface area contributed by atoms with Gasteiger partial charge in [-0.3, -0.25) is 0 Å². The predicted molar refractivity (Wildman–Crippen MR) is 71.0 cm³/mol. The highest BCUT2D eigenvalue weighted by atomic mass is 16.5. The average molecular weight is 237 g/mol. The van der Waals surface area contributed by atoms with Crippen molar-refractivity contribution in [3.8, 4) is 11.5 Å². The Bertz CT molecular complexity index is 381. The molecule has 0 aromatic heterocycles. The quantitative estimate of drug-likeness (QED) is 0.875. The lowest BCUT2D eigenvalue weighted by Crippen LogP contribution is -2.13. The van der Waals surface area contributed by atoms with Gasteiger partial charge in [-0.15, -0.1) is 0 Å². The molecule has 96 valence electrons. The number of methoxy groups -OCH3 is 2. The fraction of sp³-hybridized carbons (Fsp3) is 0.571. The Balaban J connectivity index is 3.34. The second-order valence-corrected chi connectivity index (χ2v) is 5.16. The van der Waals surface area contributed by atoms with E-state index in [9.17, 15) is 0 Å². The van der Waals surface area contributed by atoms with Gasteiger partial charge >= 0.3 is 0 Å². The number of ether oxygens (including phenoxy) is 2. The van der Waals surface area contributed by atoms with E-state index in [1.54, 1.807) is 14.2 Å². The molecule has 3 heteroatoms. The molecule has 3 nitrogen and oxygen atoms in total. The number of nitrogens with two attached hydrogens (primary N) is 1. The van der Waals surface area contributed by atoms with Crippen LogP contribution >= 0.6 is 0 Å². The molecule has 17 heavy (non-hydrogen) atoms. The molecule has 0 unspecified atom stereocenters. The summed E-state index contributed by atoms with van der Waals surface area (Å²) in [5, 5.41) is 0. The number of hydrogen-bond acceptors (Lipinski definition) is 3. The third-order valence-corrected chi connectivity index (χ3v) is 2.84. The van der Waals surface area contributed by atoms with Crippen LogP contribution in [0.25, 0.3) is 0 Å². The Morgan fingerprint density at radius 2 is 1.76 bits per heavy atom. The van der Waals surface area contributed by atoms with E-state index in [4.69, 9.17) is 15.2 Å². The van der Waals surface area contributed by atoms with E-state index >= 15 is 0 Å². The molecule has 0 heterocycles. The Morgan fingerprint density at radius 1 is 1.12 bits per heavy atom. The maximum Gasteiger partial charge on any atom is 0.163 e. The third-order valence-electron chi connectivity index (χ3n) is 2.84. The highest BCUT2D eigenvalue weighted by Crippen LogP contribution is 2.36. The summed E-state index contributed by atoms with van der Waals surface area (Å²) in [6.45, 7) is 7.15. The first-order valence-corrected chi connectivity index (χ1v) is 5.89. The summed E-state index contributed by atoms with van der Waals surface area (Å²) >= 11 is 0. The normalized spacial score (nSPS) is 11.4. The van der Waals surface area contributed by atoms with E-state index in [-0.39, 0.29) is 5.41 Å². The first-order valence-electron chi connectivity index (χ1n) is 5.89. The van der Waals surface area contributed by atoms with Crippen molar-refractivity contribution in [2.75, 3.05) is 20.8 Å². The summed E-state index contributed by atoms with van der Waals surface area (Å²) in [6, 6.07) is 4.20. The van der Waals surface area contributed by atoms with Crippen LogP contribution in [-0.2, 0) is 11.8 Å². The molecule has 1 aromatic rings. The summed E-state index contributed by atoms with van der Waals surface area (Å²) in [5.74, 6) is 1.58. The van der Waals surface area contributed by atoms with Gasteiger partial charge in [0.05, 0.1) is 14.2 Å². The first kappa shape index (κ1) is 13.8. The van der Waals surface area contributed by atoms with E-state index in [1.807, 2.05) is 6.07 Å². The monoisotopic (exact) mass is 237 g/mol. The molecule has 0 saturated heterocycles. The minimum Gasteiger partial charge on any atom is -0.493 e. The molecule has 0 atom stereocenters. The topological polar surface area (TPSA) is 44.5 Å². The number of rotatable bonds is 4. The van der Waals surface area contributed by atoms with Gasteiger partial charge in [0.25, 0.3) is 0 Å². The van der Waals surface area contributed by atoms with Crippen molar-refractivity contribution in [1.29, 1.82) is 0 Å². The average Bonchev–Trinajstić information content (AvgIpc) is 2.27. The predicted octanol–water partition coefficient (Wildman–Crippen LogP) is 2.50. The second kappa shape index (κ2) is 5.41.